The van der Waals surface area contributed by atoms with Gasteiger partial charge in [0.05, 0.1) is 35.2 Å². The number of rotatable bonds is 8. The summed E-state index contributed by atoms with van der Waals surface area (Å²) in [6.45, 7) is 0.0459. The van der Waals surface area contributed by atoms with Crippen LogP contribution in [0.1, 0.15) is 24.1 Å². The molecular weight excluding hydrogens is 336 g/mol. The van der Waals surface area contributed by atoms with Crippen LogP contribution in [0.2, 0.25) is 0 Å². The molecule has 1 aliphatic rings. The second kappa shape index (κ2) is 8.16. The summed E-state index contributed by atoms with van der Waals surface area (Å²) < 4.78 is 12.5. The number of carbonyl (C=O) groups is 2. The molecule has 5 nitrogen and oxygen atoms in total. The lowest BCUT2D eigenvalue weighted by atomic mass is 10.1. The van der Waals surface area contributed by atoms with Crippen molar-refractivity contribution in [3.8, 4) is 0 Å². The Hall–Kier alpha value is -2.34. The molecule has 2 aromatic rings. The second-order valence-corrected chi connectivity index (χ2v) is 7.65. The van der Waals surface area contributed by atoms with Crippen LogP contribution < -0.4 is 0 Å². The van der Waals surface area contributed by atoms with Crippen LogP contribution >= 0.6 is 0 Å². The smallest absolute Gasteiger partial charge is 0.227 e. The van der Waals surface area contributed by atoms with E-state index < -0.39 is 10.8 Å². The molecule has 1 amide bonds. The van der Waals surface area contributed by atoms with Crippen LogP contribution in [-0.4, -0.2) is 37.7 Å². The van der Waals surface area contributed by atoms with E-state index in [2.05, 4.69) is 4.98 Å². The Morgan fingerprint density at radius 1 is 1.16 bits per heavy atom. The predicted octanol–water partition coefficient (Wildman–Crippen LogP) is 2.09. The molecule has 2 heterocycles. The van der Waals surface area contributed by atoms with Crippen molar-refractivity contribution in [2.24, 2.45) is 0 Å². The number of likely N-dealkylation sites (tertiary alicyclic amines) is 1. The first-order valence-electron chi connectivity index (χ1n) is 8.25. The molecule has 2 atom stereocenters. The number of aromatic nitrogens is 1. The molecule has 130 valence electrons. The molecule has 2 unspecified atom stereocenters. The Morgan fingerprint density at radius 3 is 2.60 bits per heavy atom. The van der Waals surface area contributed by atoms with E-state index in [-0.39, 0.29) is 30.0 Å². The highest BCUT2D eigenvalue weighted by atomic mass is 32.2. The minimum Gasteiger partial charge on any atom is -0.320 e. The average Bonchev–Trinajstić information content (AvgIpc) is 2.64. The van der Waals surface area contributed by atoms with Crippen LogP contribution in [0.25, 0.3) is 0 Å². The maximum Gasteiger partial charge on any atom is 0.227 e. The van der Waals surface area contributed by atoms with Gasteiger partial charge in [-0.05, 0) is 24.1 Å². The highest BCUT2D eigenvalue weighted by Gasteiger charge is 2.40. The maximum absolute atomic E-state index is 12.5. The zero-order chi connectivity index (χ0) is 17.6. The standard InChI is InChI=1S/C19H20N2O3S/c22-17(10-9-15-6-2-1-3-7-15)13-21-18(23)12-19(21)25(24)14-16-8-4-5-11-20-16/h1-8,11,19H,9-10,12-14H2. The van der Waals surface area contributed by atoms with Gasteiger partial charge in [-0.3, -0.25) is 18.8 Å². The minimum absolute atomic E-state index is 0.00302. The van der Waals surface area contributed by atoms with E-state index in [4.69, 9.17) is 0 Å². The van der Waals surface area contributed by atoms with Gasteiger partial charge in [-0.25, -0.2) is 0 Å². The third-order valence-corrected chi connectivity index (χ3v) is 5.83. The van der Waals surface area contributed by atoms with Crippen LogP contribution in [-0.2, 0) is 32.6 Å². The number of β-lactam (4-membered cyclic amide) rings is 1. The summed E-state index contributed by atoms with van der Waals surface area (Å²) in [7, 11) is -1.25. The first kappa shape index (κ1) is 17.5. The van der Waals surface area contributed by atoms with E-state index in [9.17, 15) is 13.8 Å². The molecule has 0 radical (unpaired) electrons. The highest BCUT2D eigenvalue weighted by Crippen LogP contribution is 2.24. The number of nitrogens with zero attached hydrogens (tertiary/aromatic N) is 2. The third kappa shape index (κ3) is 4.60. The number of hydrogen-bond acceptors (Lipinski definition) is 4. The zero-order valence-electron chi connectivity index (χ0n) is 13.8. The molecule has 1 saturated heterocycles. The monoisotopic (exact) mass is 356 g/mol. The third-order valence-electron chi connectivity index (χ3n) is 4.22. The van der Waals surface area contributed by atoms with Gasteiger partial charge in [-0.2, -0.15) is 0 Å². The van der Waals surface area contributed by atoms with E-state index in [1.54, 1.807) is 12.3 Å². The van der Waals surface area contributed by atoms with Crippen molar-refractivity contribution in [3.63, 3.8) is 0 Å². The van der Waals surface area contributed by atoms with Gasteiger partial charge in [-0.1, -0.05) is 36.4 Å². The zero-order valence-corrected chi connectivity index (χ0v) is 14.7. The Morgan fingerprint density at radius 2 is 1.92 bits per heavy atom. The van der Waals surface area contributed by atoms with Gasteiger partial charge in [0.15, 0.2) is 5.78 Å². The van der Waals surface area contributed by atoms with Crippen LogP contribution in [0.3, 0.4) is 0 Å². The molecule has 25 heavy (non-hydrogen) atoms. The van der Waals surface area contributed by atoms with Crippen molar-refractivity contribution in [2.45, 2.75) is 30.4 Å². The van der Waals surface area contributed by atoms with Crippen molar-refractivity contribution < 1.29 is 13.8 Å². The first-order chi connectivity index (χ1) is 12.1. The van der Waals surface area contributed by atoms with Gasteiger partial charge in [0.1, 0.15) is 5.37 Å². The highest BCUT2D eigenvalue weighted by molar-refractivity contribution is 7.84. The Balaban J connectivity index is 1.51. The summed E-state index contributed by atoms with van der Waals surface area (Å²) in [5.74, 6) is 0.192. The number of carbonyl (C=O) groups excluding carboxylic acids is 2. The molecule has 1 aromatic carbocycles. The summed E-state index contributed by atoms with van der Waals surface area (Å²) in [5.41, 5.74) is 1.83. The van der Waals surface area contributed by atoms with E-state index in [1.807, 2.05) is 42.5 Å². The van der Waals surface area contributed by atoms with Gasteiger partial charge in [0, 0.05) is 12.6 Å². The lowest BCUT2D eigenvalue weighted by molar-refractivity contribution is -0.145. The van der Waals surface area contributed by atoms with Crippen LogP contribution in [0.5, 0.6) is 0 Å². The fourth-order valence-corrected chi connectivity index (χ4v) is 4.23. The predicted molar refractivity (Wildman–Crippen MR) is 96.0 cm³/mol. The first-order valence-corrected chi connectivity index (χ1v) is 9.64. The van der Waals surface area contributed by atoms with E-state index in [0.717, 1.165) is 11.3 Å². The minimum atomic E-state index is -1.25. The van der Waals surface area contributed by atoms with Crippen LogP contribution in [0.4, 0.5) is 0 Å². The van der Waals surface area contributed by atoms with Crippen LogP contribution in [0.15, 0.2) is 54.7 Å². The number of aryl methyl sites for hydroxylation is 1. The summed E-state index contributed by atoms with van der Waals surface area (Å²) in [6, 6.07) is 15.2. The maximum atomic E-state index is 12.5. The number of benzene rings is 1. The Kier molecular flexibility index (Phi) is 5.71. The van der Waals surface area contributed by atoms with Gasteiger partial charge < -0.3 is 4.90 Å². The fraction of sp³-hybridized carbons (Fsp3) is 0.316. The van der Waals surface area contributed by atoms with Crippen molar-refractivity contribution in [1.82, 2.24) is 9.88 Å². The quantitative estimate of drug-likeness (QED) is 0.679. The van der Waals surface area contributed by atoms with Crippen molar-refractivity contribution in [1.29, 1.82) is 0 Å². The Bertz CT molecular complexity index is 765. The number of amides is 1. The number of hydrogen-bond donors (Lipinski definition) is 0. The van der Waals surface area contributed by atoms with Crippen LogP contribution in [0, 0.1) is 0 Å². The normalized spacial score (nSPS) is 17.8. The molecule has 6 heteroatoms. The summed E-state index contributed by atoms with van der Waals surface area (Å²) >= 11 is 0. The topological polar surface area (TPSA) is 67.3 Å². The summed E-state index contributed by atoms with van der Waals surface area (Å²) in [6.07, 6.45) is 2.94. The molecule has 0 N–H and O–H groups in total. The average molecular weight is 356 g/mol. The number of pyridine rings is 1. The lowest BCUT2D eigenvalue weighted by Gasteiger charge is -2.39. The summed E-state index contributed by atoms with van der Waals surface area (Å²) in [5, 5.41) is -0.379. The van der Waals surface area contributed by atoms with E-state index in [0.29, 0.717) is 18.6 Å². The molecule has 0 spiro atoms. The molecule has 0 bridgehead atoms. The molecule has 0 saturated carbocycles. The molecule has 1 aromatic heterocycles. The molecule has 1 fully saturated rings. The Labute approximate surface area is 149 Å². The van der Waals surface area contributed by atoms with E-state index in [1.165, 1.54) is 4.90 Å². The van der Waals surface area contributed by atoms with Gasteiger partial charge in [0.2, 0.25) is 5.91 Å². The van der Waals surface area contributed by atoms with Gasteiger partial charge in [0.25, 0.3) is 0 Å². The SMILES string of the molecule is O=C(CCc1ccccc1)CN1C(=O)CC1S(=O)Cc1ccccn1. The van der Waals surface area contributed by atoms with Crippen molar-refractivity contribution in [2.75, 3.05) is 6.54 Å². The largest absolute Gasteiger partial charge is 0.320 e. The van der Waals surface area contributed by atoms with Gasteiger partial charge in [-0.15, -0.1) is 0 Å². The van der Waals surface area contributed by atoms with Crippen molar-refractivity contribution in [3.05, 3.63) is 66.0 Å². The molecule has 1 aliphatic heterocycles. The lowest BCUT2D eigenvalue weighted by Crippen LogP contribution is -2.56. The van der Waals surface area contributed by atoms with Crippen molar-refractivity contribution >= 4 is 22.5 Å². The van der Waals surface area contributed by atoms with Gasteiger partial charge >= 0.3 is 0 Å². The fourth-order valence-electron chi connectivity index (χ4n) is 2.77. The van der Waals surface area contributed by atoms with E-state index >= 15 is 0 Å². The molecular formula is C19H20N2O3S. The summed E-state index contributed by atoms with van der Waals surface area (Å²) in [4.78, 5) is 29.6. The molecule has 0 aliphatic carbocycles. The second-order valence-electron chi connectivity index (χ2n) is 6.05. The number of Topliss-reactive ketones (excluding diaryl/α,β-unsaturated/α-hetero) is 1. The number of ketones is 1. The molecule has 3 rings (SSSR count).